The predicted octanol–water partition coefficient (Wildman–Crippen LogP) is 2.00. The number of carboxylic acids is 1. The van der Waals surface area contributed by atoms with Gasteiger partial charge in [-0.25, -0.2) is 0 Å². The first kappa shape index (κ1) is 16.3. The van der Waals surface area contributed by atoms with Crippen molar-refractivity contribution in [2.45, 2.75) is 25.5 Å². The highest BCUT2D eigenvalue weighted by molar-refractivity contribution is 7.86. The summed E-state index contributed by atoms with van der Waals surface area (Å²) in [6.45, 7) is 3.39. The number of para-hydroxylation sites is 1. The van der Waals surface area contributed by atoms with E-state index in [9.17, 15) is 19.1 Å². The minimum Gasteiger partial charge on any atom is -0.480 e. The van der Waals surface area contributed by atoms with Crippen LogP contribution in [0.25, 0.3) is 0 Å². The lowest BCUT2D eigenvalue weighted by molar-refractivity contribution is -0.385. The lowest BCUT2D eigenvalue weighted by atomic mass is 10.1. The predicted molar refractivity (Wildman–Crippen MR) is 76.1 cm³/mol. The van der Waals surface area contributed by atoms with Crippen molar-refractivity contribution in [1.82, 2.24) is 0 Å². The number of aliphatic carboxylic acids is 1. The molecule has 1 aromatic rings. The van der Waals surface area contributed by atoms with Crippen LogP contribution in [0.1, 0.15) is 19.4 Å². The van der Waals surface area contributed by atoms with Gasteiger partial charge in [-0.2, -0.15) is 0 Å². The molecule has 0 aliphatic carbocycles. The standard InChI is InChI=1S/C13H17NO5S/c1-9(2)12(13(15)16)20(19)8-7-10-5-3-4-6-11(10)14(17)18/h3-6,9,12H,7-8H2,1-2H3,(H,15,16). The summed E-state index contributed by atoms with van der Waals surface area (Å²) in [7, 11) is -1.56. The van der Waals surface area contributed by atoms with Crippen LogP contribution in [0.3, 0.4) is 0 Å². The van der Waals surface area contributed by atoms with Gasteiger partial charge in [-0.15, -0.1) is 0 Å². The van der Waals surface area contributed by atoms with E-state index in [1.165, 1.54) is 6.07 Å². The second kappa shape index (κ2) is 7.14. The van der Waals surface area contributed by atoms with Gasteiger partial charge in [0, 0.05) is 28.2 Å². The molecule has 7 heteroatoms. The number of nitro benzene ring substituents is 1. The second-order valence-corrected chi connectivity index (χ2v) is 6.40. The van der Waals surface area contributed by atoms with Crippen LogP contribution >= 0.6 is 0 Å². The van der Waals surface area contributed by atoms with E-state index >= 15 is 0 Å². The average molecular weight is 299 g/mol. The van der Waals surface area contributed by atoms with Crippen LogP contribution in [0.15, 0.2) is 24.3 Å². The molecule has 2 unspecified atom stereocenters. The van der Waals surface area contributed by atoms with Crippen LogP contribution in [0, 0.1) is 16.0 Å². The fourth-order valence-electron chi connectivity index (χ4n) is 1.94. The molecule has 0 aromatic heterocycles. The molecule has 0 aliphatic rings. The van der Waals surface area contributed by atoms with Gasteiger partial charge in [0.25, 0.3) is 5.69 Å². The Bertz CT molecular complexity index is 529. The highest BCUT2D eigenvalue weighted by Crippen LogP contribution is 2.19. The number of aryl methyl sites for hydroxylation is 1. The first-order valence-corrected chi connectivity index (χ1v) is 7.55. The summed E-state index contributed by atoms with van der Waals surface area (Å²) in [5.74, 6) is -1.25. The van der Waals surface area contributed by atoms with Crippen molar-refractivity contribution in [1.29, 1.82) is 0 Å². The van der Waals surface area contributed by atoms with Crippen LogP contribution in [0.4, 0.5) is 5.69 Å². The molecule has 2 atom stereocenters. The lowest BCUT2D eigenvalue weighted by Gasteiger charge is -2.15. The Balaban J connectivity index is 2.79. The summed E-state index contributed by atoms with van der Waals surface area (Å²) < 4.78 is 12.0. The number of nitro groups is 1. The summed E-state index contributed by atoms with van der Waals surface area (Å²) >= 11 is 0. The Morgan fingerprint density at radius 3 is 2.50 bits per heavy atom. The molecule has 0 aliphatic heterocycles. The molecule has 1 N–H and O–H groups in total. The summed E-state index contributed by atoms with van der Waals surface area (Å²) in [6.07, 6.45) is 0.222. The normalized spacial score (nSPS) is 13.9. The summed E-state index contributed by atoms with van der Waals surface area (Å²) in [5.41, 5.74) is 0.444. The molecule has 1 aromatic carbocycles. The van der Waals surface area contributed by atoms with Gasteiger partial charge in [-0.1, -0.05) is 32.0 Å². The third kappa shape index (κ3) is 4.12. The minimum atomic E-state index is -1.56. The van der Waals surface area contributed by atoms with Gasteiger partial charge in [0.2, 0.25) is 0 Å². The molecule has 110 valence electrons. The van der Waals surface area contributed by atoms with Crippen LogP contribution in [-0.4, -0.2) is 31.2 Å². The van der Waals surface area contributed by atoms with Gasteiger partial charge >= 0.3 is 5.97 Å². The monoisotopic (exact) mass is 299 g/mol. The molecule has 0 radical (unpaired) electrons. The maximum atomic E-state index is 12.0. The topological polar surface area (TPSA) is 97.5 Å². The number of hydrogen-bond acceptors (Lipinski definition) is 4. The fraction of sp³-hybridized carbons (Fsp3) is 0.462. The molecular formula is C13H17NO5S. The maximum absolute atomic E-state index is 12.0. The van der Waals surface area contributed by atoms with E-state index < -0.39 is 26.9 Å². The van der Waals surface area contributed by atoms with Gasteiger partial charge in [0.1, 0.15) is 5.25 Å². The Kier molecular flexibility index (Phi) is 5.82. The third-order valence-corrected chi connectivity index (χ3v) is 4.81. The summed E-state index contributed by atoms with van der Waals surface area (Å²) in [4.78, 5) is 21.4. The second-order valence-electron chi connectivity index (χ2n) is 4.72. The van der Waals surface area contributed by atoms with Gasteiger partial charge < -0.3 is 5.11 Å². The Morgan fingerprint density at radius 1 is 1.40 bits per heavy atom. The highest BCUT2D eigenvalue weighted by atomic mass is 32.2. The molecular weight excluding hydrogens is 282 g/mol. The molecule has 0 amide bonds. The molecule has 20 heavy (non-hydrogen) atoms. The third-order valence-electron chi connectivity index (χ3n) is 2.89. The van der Waals surface area contributed by atoms with Gasteiger partial charge in [0.05, 0.1) is 4.92 Å². The zero-order valence-corrected chi connectivity index (χ0v) is 12.1. The van der Waals surface area contributed by atoms with Crippen LogP contribution in [0.2, 0.25) is 0 Å². The fourth-order valence-corrected chi connectivity index (χ4v) is 3.45. The van der Waals surface area contributed by atoms with Crippen molar-refractivity contribution in [3.8, 4) is 0 Å². The Morgan fingerprint density at radius 2 is 2.00 bits per heavy atom. The Labute approximate surface area is 119 Å². The zero-order valence-electron chi connectivity index (χ0n) is 11.3. The molecule has 0 spiro atoms. The van der Waals surface area contributed by atoms with Crippen molar-refractivity contribution in [2.24, 2.45) is 5.92 Å². The molecule has 0 heterocycles. The molecule has 0 fully saturated rings. The number of hydrogen-bond donors (Lipinski definition) is 1. The van der Waals surface area contributed by atoms with Crippen LogP contribution in [0.5, 0.6) is 0 Å². The first-order chi connectivity index (χ1) is 9.34. The maximum Gasteiger partial charge on any atom is 0.319 e. The molecule has 0 saturated carbocycles. The summed E-state index contributed by atoms with van der Waals surface area (Å²) in [5, 5.41) is 19.0. The van der Waals surface area contributed by atoms with Crippen molar-refractivity contribution in [3.05, 3.63) is 39.9 Å². The Hall–Kier alpha value is -1.76. The van der Waals surface area contributed by atoms with Gasteiger partial charge in [0.15, 0.2) is 0 Å². The van der Waals surface area contributed by atoms with E-state index in [-0.39, 0.29) is 23.8 Å². The quantitative estimate of drug-likeness (QED) is 0.613. The number of benzene rings is 1. The van der Waals surface area contributed by atoms with E-state index in [4.69, 9.17) is 5.11 Å². The van der Waals surface area contributed by atoms with Crippen LogP contribution < -0.4 is 0 Å². The van der Waals surface area contributed by atoms with E-state index in [0.29, 0.717) is 5.56 Å². The molecule has 6 nitrogen and oxygen atoms in total. The van der Waals surface area contributed by atoms with Gasteiger partial charge in [-0.3, -0.25) is 19.1 Å². The molecule has 0 saturated heterocycles. The van der Waals surface area contributed by atoms with Crippen LogP contribution in [-0.2, 0) is 22.0 Å². The van der Waals surface area contributed by atoms with Crippen molar-refractivity contribution in [2.75, 3.05) is 5.75 Å². The van der Waals surface area contributed by atoms with Crippen molar-refractivity contribution < 1.29 is 19.0 Å². The lowest BCUT2D eigenvalue weighted by Crippen LogP contribution is -2.32. The van der Waals surface area contributed by atoms with E-state index in [1.54, 1.807) is 32.0 Å². The summed E-state index contributed by atoms with van der Waals surface area (Å²) in [6, 6.07) is 6.21. The number of rotatable bonds is 7. The average Bonchev–Trinajstić information content (AvgIpc) is 2.35. The minimum absolute atomic E-state index is 0.0269. The highest BCUT2D eigenvalue weighted by Gasteiger charge is 2.28. The smallest absolute Gasteiger partial charge is 0.319 e. The van der Waals surface area contributed by atoms with E-state index in [0.717, 1.165) is 0 Å². The van der Waals surface area contributed by atoms with E-state index in [2.05, 4.69) is 0 Å². The van der Waals surface area contributed by atoms with Gasteiger partial charge in [-0.05, 0) is 12.3 Å². The first-order valence-electron chi connectivity index (χ1n) is 6.17. The number of nitrogens with zero attached hydrogens (tertiary/aromatic N) is 1. The van der Waals surface area contributed by atoms with Crippen molar-refractivity contribution in [3.63, 3.8) is 0 Å². The zero-order chi connectivity index (χ0) is 15.3. The molecule has 0 bridgehead atoms. The number of carbonyl (C=O) groups is 1. The van der Waals surface area contributed by atoms with E-state index in [1.807, 2.05) is 0 Å². The molecule has 1 rings (SSSR count). The van der Waals surface area contributed by atoms with Crippen molar-refractivity contribution >= 4 is 22.5 Å². The number of carboxylic acid groups (broad SMARTS) is 1. The SMILES string of the molecule is CC(C)C(C(=O)O)S(=O)CCc1ccccc1[N+](=O)[O-]. The largest absolute Gasteiger partial charge is 0.480 e.